The normalized spacial score (nSPS) is 19.7. The summed E-state index contributed by atoms with van der Waals surface area (Å²) < 4.78 is 6.13. The van der Waals surface area contributed by atoms with Crippen LogP contribution in [0.1, 0.15) is 46.0 Å². The molecule has 0 saturated carbocycles. The molecule has 1 N–H and O–H groups in total. The predicted octanol–water partition coefficient (Wildman–Crippen LogP) is 4.24. The van der Waals surface area contributed by atoms with Crippen molar-refractivity contribution in [1.82, 2.24) is 15.1 Å². The van der Waals surface area contributed by atoms with Gasteiger partial charge in [0.05, 0.1) is 0 Å². The Balaban J connectivity index is 0.00000300. The first-order chi connectivity index (χ1) is 13.8. The summed E-state index contributed by atoms with van der Waals surface area (Å²) in [6.45, 7) is 12.0. The van der Waals surface area contributed by atoms with Gasteiger partial charge in [-0.05, 0) is 63.9 Å². The lowest BCUT2D eigenvalue weighted by Gasteiger charge is -2.34. The predicted molar refractivity (Wildman–Crippen MR) is 133 cm³/mol. The maximum Gasteiger partial charge on any atom is 0.193 e. The molecule has 0 aliphatic carbocycles. The highest BCUT2D eigenvalue weighted by molar-refractivity contribution is 14.0. The molecule has 2 aliphatic heterocycles. The number of halogens is 1. The lowest BCUT2D eigenvalue weighted by Crippen LogP contribution is -2.47. The number of aliphatic imine (C=N–C) groups is 1. The molecule has 5 nitrogen and oxygen atoms in total. The SMILES string of the molecule is CCNC(=NCCC1CCN(CC)CC1)N1CCC(Oc2ccccc2)CC1.I. The van der Waals surface area contributed by atoms with Crippen molar-refractivity contribution in [2.24, 2.45) is 10.9 Å². The van der Waals surface area contributed by atoms with E-state index in [9.17, 15) is 0 Å². The largest absolute Gasteiger partial charge is 0.490 e. The number of hydrogen-bond donors (Lipinski definition) is 1. The highest BCUT2D eigenvalue weighted by atomic mass is 127. The third kappa shape index (κ3) is 7.96. The van der Waals surface area contributed by atoms with Crippen LogP contribution in [0.3, 0.4) is 0 Å². The number of para-hydroxylation sites is 1. The first-order valence-corrected chi connectivity index (χ1v) is 11.3. The Morgan fingerprint density at radius 1 is 1.03 bits per heavy atom. The first-order valence-electron chi connectivity index (χ1n) is 11.3. The Hall–Kier alpha value is -1.02. The molecular weight excluding hydrogens is 475 g/mol. The Morgan fingerprint density at radius 2 is 1.72 bits per heavy atom. The van der Waals surface area contributed by atoms with Gasteiger partial charge in [-0.1, -0.05) is 25.1 Å². The first kappa shape index (κ1) is 24.3. The van der Waals surface area contributed by atoms with Crippen molar-refractivity contribution in [2.75, 3.05) is 45.8 Å². The monoisotopic (exact) mass is 514 g/mol. The number of guanidine groups is 1. The molecule has 29 heavy (non-hydrogen) atoms. The summed E-state index contributed by atoms with van der Waals surface area (Å²) >= 11 is 0. The average Bonchev–Trinajstić information content (AvgIpc) is 2.75. The van der Waals surface area contributed by atoms with Crippen LogP contribution in [0.25, 0.3) is 0 Å². The van der Waals surface area contributed by atoms with Gasteiger partial charge in [-0.2, -0.15) is 0 Å². The van der Waals surface area contributed by atoms with E-state index in [1.54, 1.807) is 0 Å². The zero-order chi connectivity index (χ0) is 19.6. The zero-order valence-electron chi connectivity index (χ0n) is 18.2. The average molecular weight is 514 g/mol. The molecule has 1 aromatic carbocycles. The Kier molecular flexibility index (Phi) is 11.1. The minimum absolute atomic E-state index is 0. The minimum atomic E-state index is 0. The number of nitrogens with zero attached hydrogens (tertiary/aromatic N) is 3. The van der Waals surface area contributed by atoms with Crippen LogP contribution >= 0.6 is 24.0 Å². The molecule has 2 heterocycles. The topological polar surface area (TPSA) is 40.1 Å². The van der Waals surface area contributed by atoms with Gasteiger partial charge in [0.25, 0.3) is 0 Å². The van der Waals surface area contributed by atoms with E-state index in [2.05, 4.69) is 29.0 Å². The molecule has 0 unspecified atom stereocenters. The van der Waals surface area contributed by atoms with Gasteiger partial charge in [-0.15, -0.1) is 24.0 Å². The smallest absolute Gasteiger partial charge is 0.193 e. The standard InChI is InChI=1S/C23H38N4O.HI/c1-3-24-23(25-15-10-20-11-16-26(4-2)17-12-20)27-18-13-22(14-19-27)28-21-8-6-5-7-9-21;/h5-9,20,22H,3-4,10-19H2,1-2H3,(H,24,25);1H. The third-order valence-corrected chi connectivity index (χ3v) is 6.08. The number of benzene rings is 1. The number of ether oxygens (including phenoxy) is 1. The third-order valence-electron chi connectivity index (χ3n) is 6.08. The van der Waals surface area contributed by atoms with Crippen LogP contribution < -0.4 is 10.1 Å². The van der Waals surface area contributed by atoms with Gasteiger partial charge >= 0.3 is 0 Å². The molecule has 164 valence electrons. The van der Waals surface area contributed by atoms with Gasteiger partial charge in [0.2, 0.25) is 0 Å². The van der Waals surface area contributed by atoms with Gasteiger partial charge in [0.1, 0.15) is 11.9 Å². The number of nitrogens with one attached hydrogen (secondary N) is 1. The summed E-state index contributed by atoms with van der Waals surface area (Å²) in [6, 6.07) is 10.2. The van der Waals surface area contributed by atoms with Gasteiger partial charge in [0, 0.05) is 39.0 Å². The van der Waals surface area contributed by atoms with E-state index in [1.165, 1.54) is 38.9 Å². The van der Waals surface area contributed by atoms with Gasteiger partial charge in [-0.25, -0.2) is 0 Å². The van der Waals surface area contributed by atoms with Crippen LogP contribution in [0.15, 0.2) is 35.3 Å². The van der Waals surface area contributed by atoms with Crippen molar-refractivity contribution in [3.63, 3.8) is 0 Å². The maximum atomic E-state index is 6.13. The summed E-state index contributed by atoms with van der Waals surface area (Å²) in [5.41, 5.74) is 0. The molecule has 2 saturated heterocycles. The van der Waals surface area contributed by atoms with Crippen molar-refractivity contribution in [3.05, 3.63) is 30.3 Å². The van der Waals surface area contributed by atoms with Crippen LogP contribution in [-0.2, 0) is 0 Å². The Morgan fingerprint density at radius 3 is 2.34 bits per heavy atom. The summed E-state index contributed by atoms with van der Waals surface area (Å²) in [5, 5.41) is 3.50. The van der Waals surface area contributed by atoms with Crippen molar-refractivity contribution < 1.29 is 4.74 Å². The number of piperidine rings is 2. The summed E-state index contributed by atoms with van der Waals surface area (Å²) in [6.07, 6.45) is 6.30. The molecule has 6 heteroatoms. The second kappa shape index (κ2) is 13.3. The second-order valence-electron chi connectivity index (χ2n) is 8.02. The van der Waals surface area contributed by atoms with E-state index in [0.29, 0.717) is 6.10 Å². The summed E-state index contributed by atoms with van der Waals surface area (Å²) in [4.78, 5) is 9.93. The maximum absolute atomic E-state index is 6.13. The number of rotatable bonds is 7. The van der Waals surface area contributed by atoms with Gasteiger partial charge < -0.3 is 19.9 Å². The fraction of sp³-hybridized carbons (Fsp3) is 0.696. The van der Waals surface area contributed by atoms with E-state index in [-0.39, 0.29) is 24.0 Å². The molecular formula is C23H39IN4O. The van der Waals surface area contributed by atoms with E-state index in [1.807, 2.05) is 30.3 Å². The highest BCUT2D eigenvalue weighted by Gasteiger charge is 2.23. The van der Waals surface area contributed by atoms with Crippen molar-refractivity contribution >= 4 is 29.9 Å². The molecule has 0 bridgehead atoms. The van der Waals surface area contributed by atoms with E-state index < -0.39 is 0 Å². The Bertz CT molecular complexity index is 582. The van der Waals surface area contributed by atoms with Crippen LogP contribution in [0.2, 0.25) is 0 Å². The molecule has 2 aliphatic rings. The van der Waals surface area contributed by atoms with Crippen LogP contribution in [-0.4, -0.2) is 67.7 Å². The molecule has 0 aromatic heterocycles. The zero-order valence-corrected chi connectivity index (χ0v) is 20.5. The van der Waals surface area contributed by atoms with Crippen molar-refractivity contribution in [2.45, 2.75) is 52.1 Å². The molecule has 3 rings (SSSR count). The number of hydrogen-bond acceptors (Lipinski definition) is 3. The fourth-order valence-corrected chi connectivity index (χ4v) is 4.25. The van der Waals surface area contributed by atoms with Gasteiger partial charge in [-0.3, -0.25) is 4.99 Å². The molecule has 0 amide bonds. The quantitative estimate of drug-likeness (QED) is 0.336. The van der Waals surface area contributed by atoms with Crippen LogP contribution in [0.5, 0.6) is 5.75 Å². The molecule has 0 spiro atoms. The lowest BCUT2D eigenvalue weighted by molar-refractivity contribution is 0.129. The highest BCUT2D eigenvalue weighted by Crippen LogP contribution is 2.21. The van der Waals surface area contributed by atoms with Crippen molar-refractivity contribution in [1.29, 1.82) is 0 Å². The van der Waals surface area contributed by atoms with Crippen LogP contribution in [0, 0.1) is 5.92 Å². The van der Waals surface area contributed by atoms with Crippen molar-refractivity contribution in [3.8, 4) is 5.75 Å². The summed E-state index contributed by atoms with van der Waals surface area (Å²) in [5.74, 6) is 2.92. The molecule has 0 radical (unpaired) electrons. The van der Waals surface area contributed by atoms with Gasteiger partial charge in [0.15, 0.2) is 5.96 Å². The Labute approximate surface area is 194 Å². The summed E-state index contributed by atoms with van der Waals surface area (Å²) in [7, 11) is 0. The molecule has 2 fully saturated rings. The van der Waals surface area contributed by atoms with Crippen LogP contribution in [0.4, 0.5) is 0 Å². The minimum Gasteiger partial charge on any atom is -0.490 e. The fourth-order valence-electron chi connectivity index (χ4n) is 4.25. The molecule has 0 atom stereocenters. The second-order valence-corrected chi connectivity index (χ2v) is 8.02. The lowest BCUT2D eigenvalue weighted by atomic mass is 9.94. The van der Waals surface area contributed by atoms with E-state index in [0.717, 1.165) is 56.6 Å². The molecule has 1 aromatic rings. The number of likely N-dealkylation sites (tertiary alicyclic amines) is 2. The van der Waals surface area contributed by atoms with E-state index >= 15 is 0 Å². The van der Waals surface area contributed by atoms with E-state index in [4.69, 9.17) is 9.73 Å².